The van der Waals surface area contributed by atoms with E-state index in [4.69, 9.17) is 23.1 Å². The lowest BCUT2D eigenvalue weighted by molar-refractivity contribution is -0.144. The number of fused-ring (bicyclic) bond motifs is 1. The maximum absolute atomic E-state index is 15.0. The van der Waals surface area contributed by atoms with Crippen LogP contribution in [0, 0.1) is 5.92 Å². The van der Waals surface area contributed by atoms with Crippen molar-refractivity contribution in [1.82, 2.24) is 57.4 Å². The molecule has 0 saturated heterocycles. The van der Waals surface area contributed by atoms with Crippen LogP contribution in [0.1, 0.15) is 98.3 Å². The smallest absolute Gasteiger partial charge is 0.252 e. The first-order valence-electron chi connectivity index (χ1n) is 31.6. The number of hydrogen-bond donors (Lipinski definition) is 12. The number of amides is 9. The fourth-order valence-electron chi connectivity index (χ4n) is 10.5. The van der Waals surface area contributed by atoms with E-state index in [2.05, 4.69) is 57.5 Å². The molecule has 0 aliphatic heterocycles. The predicted octanol–water partition coefficient (Wildman–Crippen LogP) is 3.21. The number of aliphatic hydroxyl groups excluding tert-OH is 1. The number of pyridine rings is 2. The molecule has 0 saturated carbocycles. The van der Waals surface area contributed by atoms with Crippen LogP contribution in [0.4, 0.5) is 0 Å². The Bertz CT molecular complexity index is 3550. The van der Waals surface area contributed by atoms with Crippen molar-refractivity contribution in [3.8, 4) is 5.75 Å². The van der Waals surface area contributed by atoms with Gasteiger partial charge in [-0.1, -0.05) is 98.2 Å². The van der Waals surface area contributed by atoms with Crippen LogP contribution in [0.5, 0.6) is 5.75 Å². The molecule has 4 aromatic carbocycles. The van der Waals surface area contributed by atoms with E-state index in [1.807, 2.05) is 56.3 Å². The van der Waals surface area contributed by atoms with Crippen LogP contribution in [0.15, 0.2) is 145 Å². The summed E-state index contributed by atoms with van der Waals surface area (Å²) in [6.45, 7) is 4.95. The van der Waals surface area contributed by atoms with Gasteiger partial charge in [-0.15, -0.1) is 0 Å². The summed E-state index contributed by atoms with van der Waals surface area (Å²) in [6, 6.07) is 22.6. The third-order valence-corrected chi connectivity index (χ3v) is 15.8. The van der Waals surface area contributed by atoms with Crippen molar-refractivity contribution in [3.63, 3.8) is 0 Å². The lowest BCUT2D eigenvalue weighted by atomic mass is 9.99. The van der Waals surface area contributed by atoms with Gasteiger partial charge in [-0.3, -0.25) is 58.1 Å². The van der Waals surface area contributed by atoms with Crippen molar-refractivity contribution < 1.29 is 53.4 Å². The number of benzene rings is 4. The Balaban J connectivity index is 1.25. The Morgan fingerprint density at radius 3 is 1.72 bits per heavy atom. The highest BCUT2D eigenvalue weighted by molar-refractivity contribution is 6.30. The maximum Gasteiger partial charge on any atom is 0.252 e. The summed E-state index contributed by atoms with van der Waals surface area (Å²) in [5, 5.41) is 45.7. The molecule has 95 heavy (non-hydrogen) atoms. The van der Waals surface area contributed by atoms with Crippen molar-refractivity contribution in [2.75, 3.05) is 33.3 Å². The number of aliphatic imine (C=N–C) groups is 1. The number of carbonyl (C=O) groups excluding carboxylic acids is 9. The molecule has 0 bridgehead atoms. The van der Waals surface area contributed by atoms with Crippen molar-refractivity contribution in [1.29, 1.82) is 0 Å². The van der Waals surface area contributed by atoms with Gasteiger partial charge in [0.15, 0.2) is 5.96 Å². The standard InChI is InChI=1S/C69H87ClN14O11/c1-43(2)34-55(62(89)76-31-9-5-10-33-77-69(71)72)80-63(90)54(18-8-11-32-75-61(88)51-17-13-30-74-41-51)79-67(94)60(39-46-22-27-53(87)28-23-46)84(4)68(95)59(42-85)83-66(93)58(38-48-14-12-29-73-40-48)82-65(92)57(36-45-20-25-52(70)26-21-45)81-64(91)56(78-44(3)86)37-47-19-24-49-15-6-7-16-50(49)35-47/h6-7,12-17,19-30,35,40-41,43,54-60,85,87H,5,8-11,18,31-34,36-39,42H2,1-4H3,(H,75,88)(H,76,89)(H,78,86)(H,79,94)(H,80,90)(H,81,91)(H,82,92)(H,83,93)(H4,71,72,77)/t54-,55+,56-,57-,58-,59+,60+/m1/s1. The SMILES string of the molecule is CC(=O)N[C@H](Cc1ccc2ccccc2c1)C(=O)N[C@H](Cc1ccc(Cl)cc1)C(=O)N[C@H](Cc1cccnc1)C(=O)N[C@@H](CO)C(=O)N(C)[C@@H](Cc1ccc(O)cc1)C(=O)N[C@H](CCCCNC(=O)c1cccnc1)C(=O)N[C@@H](CC(C)C)C(=O)NCCCCCN=C(N)N. The lowest BCUT2D eigenvalue weighted by Crippen LogP contribution is -2.61. The highest BCUT2D eigenvalue weighted by atomic mass is 35.5. The second-order valence-electron chi connectivity index (χ2n) is 23.6. The van der Waals surface area contributed by atoms with Gasteiger partial charge in [-0.05, 0) is 126 Å². The molecule has 506 valence electrons. The number of guanidine groups is 1. The molecule has 9 amide bonds. The molecular formula is C69H87ClN14O11. The van der Waals surface area contributed by atoms with Gasteiger partial charge >= 0.3 is 0 Å². The quantitative estimate of drug-likeness (QED) is 0.0151. The van der Waals surface area contributed by atoms with Crippen molar-refractivity contribution in [3.05, 3.63) is 173 Å². The minimum absolute atomic E-state index is 0.000545. The average Bonchev–Trinajstić information content (AvgIpc) is 0.894. The fraction of sp³-hybridized carbons (Fsp3) is 0.391. The Morgan fingerprint density at radius 2 is 1.09 bits per heavy atom. The largest absolute Gasteiger partial charge is 0.508 e. The summed E-state index contributed by atoms with van der Waals surface area (Å²) in [5.41, 5.74) is 13.4. The molecular weight excluding hydrogens is 1240 g/mol. The number of phenols is 1. The van der Waals surface area contributed by atoms with Gasteiger partial charge in [0.25, 0.3) is 5.91 Å². The van der Waals surface area contributed by atoms with Gasteiger partial charge in [0, 0.05) is 89.1 Å². The van der Waals surface area contributed by atoms with Gasteiger partial charge in [-0.25, -0.2) is 0 Å². The number of phenolic OH excluding ortho intramolecular Hbond substituents is 1. The third kappa shape index (κ3) is 25.1. The minimum atomic E-state index is -1.76. The molecule has 7 atom stereocenters. The number of aromatic nitrogens is 2. The highest BCUT2D eigenvalue weighted by Crippen LogP contribution is 2.20. The van der Waals surface area contributed by atoms with Crippen LogP contribution in [0.2, 0.25) is 5.02 Å². The number of aliphatic hydroxyl groups is 1. The molecule has 0 fully saturated rings. The Hall–Kier alpha value is -10.0. The minimum Gasteiger partial charge on any atom is -0.508 e. The van der Waals surface area contributed by atoms with Crippen LogP contribution in [0.3, 0.4) is 0 Å². The van der Waals surface area contributed by atoms with Crippen molar-refractivity contribution >= 4 is 81.5 Å². The molecule has 2 heterocycles. The van der Waals surface area contributed by atoms with E-state index in [1.165, 1.54) is 63.0 Å². The molecule has 25 nitrogen and oxygen atoms in total. The van der Waals surface area contributed by atoms with E-state index in [9.17, 15) is 48.6 Å². The van der Waals surface area contributed by atoms with Gasteiger partial charge in [0.05, 0.1) is 12.2 Å². The summed E-state index contributed by atoms with van der Waals surface area (Å²) < 4.78 is 0. The first kappa shape index (κ1) is 74.0. The molecule has 0 unspecified atom stereocenters. The number of rotatable bonds is 37. The molecule has 0 radical (unpaired) electrons. The van der Waals surface area contributed by atoms with Gasteiger partial charge < -0.3 is 69.1 Å². The lowest BCUT2D eigenvalue weighted by Gasteiger charge is -2.32. The Kier molecular flexibility index (Phi) is 29.8. The zero-order chi connectivity index (χ0) is 68.8. The maximum atomic E-state index is 15.0. The summed E-state index contributed by atoms with van der Waals surface area (Å²) in [6.07, 6.45) is 8.31. The molecule has 2 aromatic heterocycles. The normalized spacial score (nSPS) is 13.3. The zero-order valence-electron chi connectivity index (χ0n) is 53.9. The first-order valence-corrected chi connectivity index (χ1v) is 32.0. The molecule has 26 heteroatoms. The van der Waals surface area contributed by atoms with Crippen LogP contribution < -0.4 is 54.0 Å². The van der Waals surface area contributed by atoms with E-state index in [0.29, 0.717) is 66.0 Å². The monoisotopic (exact) mass is 1320 g/mol. The average molecular weight is 1320 g/mol. The molecule has 14 N–H and O–H groups in total. The Labute approximate surface area is 557 Å². The number of likely N-dealkylation sites (N-methyl/N-ethyl adjacent to an activating group) is 1. The Morgan fingerprint density at radius 1 is 0.547 bits per heavy atom. The fourth-order valence-corrected chi connectivity index (χ4v) is 10.6. The molecule has 0 aliphatic carbocycles. The van der Waals surface area contributed by atoms with E-state index >= 15 is 4.79 Å². The summed E-state index contributed by atoms with van der Waals surface area (Å²) in [7, 11) is 1.28. The number of nitrogens with one attached hydrogen (secondary N) is 8. The molecule has 0 aliphatic rings. The highest BCUT2D eigenvalue weighted by Gasteiger charge is 2.37. The van der Waals surface area contributed by atoms with Gasteiger partial charge in [0.1, 0.15) is 48.0 Å². The number of aromatic hydroxyl groups is 1. The number of nitrogens with two attached hydrogens (primary N) is 2. The first-order chi connectivity index (χ1) is 45.6. The second-order valence-corrected chi connectivity index (χ2v) is 24.1. The summed E-state index contributed by atoms with van der Waals surface area (Å²) in [5.74, 6) is -6.50. The van der Waals surface area contributed by atoms with E-state index < -0.39 is 96.2 Å². The van der Waals surface area contributed by atoms with Crippen LogP contribution >= 0.6 is 11.6 Å². The molecule has 6 rings (SSSR count). The van der Waals surface area contributed by atoms with Gasteiger partial charge in [0.2, 0.25) is 47.3 Å². The summed E-state index contributed by atoms with van der Waals surface area (Å²) in [4.78, 5) is 141. The van der Waals surface area contributed by atoms with Crippen LogP contribution in [0.25, 0.3) is 10.8 Å². The van der Waals surface area contributed by atoms with Crippen LogP contribution in [-0.4, -0.2) is 160 Å². The number of hydrogen-bond acceptors (Lipinski definition) is 14. The predicted molar refractivity (Wildman–Crippen MR) is 361 cm³/mol. The zero-order valence-corrected chi connectivity index (χ0v) is 54.7. The topological polar surface area (TPSA) is 384 Å². The molecule has 0 spiro atoms. The van der Waals surface area contributed by atoms with Gasteiger partial charge in [-0.2, -0.15) is 0 Å². The number of unbranched alkanes of at least 4 members (excludes halogenated alkanes) is 3. The van der Waals surface area contributed by atoms with Crippen LogP contribution in [-0.2, 0) is 64.0 Å². The number of carbonyl (C=O) groups is 9. The summed E-state index contributed by atoms with van der Waals surface area (Å²) >= 11 is 6.24. The van der Waals surface area contributed by atoms with E-state index in [1.54, 1.807) is 48.5 Å². The number of nitrogens with zero attached hydrogens (tertiary/aromatic N) is 4. The second kappa shape index (κ2) is 38.2. The number of halogens is 1. The van der Waals surface area contributed by atoms with Crippen molar-refractivity contribution in [2.45, 2.75) is 134 Å². The third-order valence-electron chi connectivity index (χ3n) is 15.5. The molecule has 6 aromatic rings. The van der Waals surface area contributed by atoms with E-state index in [0.717, 1.165) is 21.2 Å². The van der Waals surface area contributed by atoms with E-state index in [-0.39, 0.29) is 75.0 Å². The van der Waals surface area contributed by atoms with Crippen molar-refractivity contribution in [2.24, 2.45) is 22.4 Å².